The van der Waals surface area contributed by atoms with Crippen LogP contribution in [0.5, 0.6) is 0 Å². The maximum atomic E-state index is 11.9. The summed E-state index contributed by atoms with van der Waals surface area (Å²) in [5, 5.41) is 6.83. The van der Waals surface area contributed by atoms with E-state index in [4.69, 9.17) is 4.52 Å². The van der Waals surface area contributed by atoms with Gasteiger partial charge >= 0.3 is 0 Å². The molecule has 1 amide bonds. The molecule has 0 saturated heterocycles. The Bertz CT molecular complexity index is 736. The third-order valence-corrected chi connectivity index (χ3v) is 3.29. The third-order valence-electron chi connectivity index (χ3n) is 3.29. The van der Waals surface area contributed by atoms with Gasteiger partial charge in [-0.15, -0.1) is 0 Å². The Morgan fingerprint density at radius 1 is 1.00 bits per heavy atom. The quantitative estimate of drug-likeness (QED) is 0.785. The summed E-state index contributed by atoms with van der Waals surface area (Å²) >= 11 is 0. The molecule has 0 saturated carbocycles. The van der Waals surface area contributed by atoms with Crippen LogP contribution in [-0.4, -0.2) is 11.1 Å². The molecule has 0 aliphatic heterocycles. The molecule has 0 aliphatic rings. The second kappa shape index (κ2) is 6.72. The molecule has 0 fully saturated rings. The molecule has 1 aromatic heterocycles. The van der Waals surface area contributed by atoms with Crippen LogP contribution in [0.25, 0.3) is 11.3 Å². The van der Waals surface area contributed by atoms with Crippen LogP contribution in [0.2, 0.25) is 0 Å². The largest absolute Gasteiger partial charge is 0.356 e. The molecule has 110 valence electrons. The molecule has 0 aliphatic carbocycles. The van der Waals surface area contributed by atoms with Gasteiger partial charge < -0.3 is 9.84 Å². The van der Waals surface area contributed by atoms with Crippen molar-refractivity contribution in [1.82, 2.24) is 10.5 Å². The highest BCUT2D eigenvalue weighted by Crippen LogP contribution is 2.19. The summed E-state index contributed by atoms with van der Waals surface area (Å²) in [6, 6.07) is 21.3. The summed E-state index contributed by atoms with van der Waals surface area (Å²) in [4.78, 5) is 11.9. The minimum absolute atomic E-state index is 0.0724. The Labute approximate surface area is 128 Å². The number of hydrogen-bond acceptors (Lipinski definition) is 3. The van der Waals surface area contributed by atoms with Crippen molar-refractivity contribution < 1.29 is 9.32 Å². The number of nitrogens with one attached hydrogen (secondary N) is 1. The second-order valence-electron chi connectivity index (χ2n) is 4.99. The van der Waals surface area contributed by atoms with Crippen molar-refractivity contribution in [3.05, 3.63) is 78.0 Å². The fourth-order valence-electron chi connectivity index (χ4n) is 2.16. The van der Waals surface area contributed by atoms with Crippen molar-refractivity contribution in [2.24, 2.45) is 0 Å². The zero-order valence-corrected chi connectivity index (χ0v) is 12.0. The van der Waals surface area contributed by atoms with Gasteiger partial charge in [-0.05, 0) is 5.56 Å². The van der Waals surface area contributed by atoms with Crippen molar-refractivity contribution >= 4 is 5.91 Å². The zero-order valence-electron chi connectivity index (χ0n) is 12.0. The molecule has 4 heteroatoms. The van der Waals surface area contributed by atoms with Gasteiger partial charge in [-0.3, -0.25) is 4.79 Å². The van der Waals surface area contributed by atoms with Crippen LogP contribution >= 0.6 is 0 Å². The standard InChI is InChI=1S/C18H16N2O2/c21-18(19-13-14-7-3-1-4-8-14)12-16-11-17(22-20-16)15-9-5-2-6-10-15/h1-11H,12-13H2,(H,19,21). The topological polar surface area (TPSA) is 55.1 Å². The van der Waals surface area contributed by atoms with Crippen LogP contribution in [0.3, 0.4) is 0 Å². The Hall–Kier alpha value is -2.88. The first kappa shape index (κ1) is 14.1. The Balaban J connectivity index is 1.57. The second-order valence-corrected chi connectivity index (χ2v) is 4.99. The highest BCUT2D eigenvalue weighted by atomic mass is 16.5. The molecule has 0 spiro atoms. The predicted octanol–water partition coefficient (Wildman–Crippen LogP) is 3.20. The number of benzene rings is 2. The van der Waals surface area contributed by atoms with E-state index in [1.54, 1.807) is 6.07 Å². The summed E-state index contributed by atoms with van der Waals surface area (Å²) in [5.74, 6) is 0.600. The van der Waals surface area contributed by atoms with Crippen molar-refractivity contribution in [3.63, 3.8) is 0 Å². The zero-order chi connectivity index (χ0) is 15.2. The average Bonchev–Trinajstić information content (AvgIpc) is 3.03. The Kier molecular flexibility index (Phi) is 4.30. The van der Waals surface area contributed by atoms with Crippen molar-refractivity contribution in [2.45, 2.75) is 13.0 Å². The highest BCUT2D eigenvalue weighted by molar-refractivity contribution is 5.78. The molecule has 0 radical (unpaired) electrons. The van der Waals surface area contributed by atoms with Gasteiger partial charge in [-0.2, -0.15) is 0 Å². The first-order chi connectivity index (χ1) is 10.8. The van der Waals surface area contributed by atoms with Crippen LogP contribution in [-0.2, 0) is 17.8 Å². The van der Waals surface area contributed by atoms with Crippen LogP contribution in [0.1, 0.15) is 11.3 Å². The maximum absolute atomic E-state index is 11.9. The fraction of sp³-hybridized carbons (Fsp3) is 0.111. The SMILES string of the molecule is O=C(Cc1cc(-c2ccccc2)on1)NCc1ccccc1. The molecule has 0 bridgehead atoms. The molecular formula is C18H16N2O2. The van der Waals surface area contributed by atoms with Gasteiger partial charge in [0.15, 0.2) is 5.76 Å². The molecule has 0 unspecified atom stereocenters. The lowest BCUT2D eigenvalue weighted by Gasteiger charge is -2.03. The van der Waals surface area contributed by atoms with E-state index in [1.165, 1.54) is 0 Å². The van der Waals surface area contributed by atoms with Gasteiger partial charge in [-0.25, -0.2) is 0 Å². The van der Waals surface area contributed by atoms with E-state index in [2.05, 4.69) is 10.5 Å². The Morgan fingerprint density at radius 3 is 2.41 bits per heavy atom. The van der Waals surface area contributed by atoms with E-state index in [1.807, 2.05) is 60.7 Å². The average molecular weight is 292 g/mol. The van der Waals surface area contributed by atoms with Gasteiger partial charge in [0, 0.05) is 18.2 Å². The summed E-state index contributed by atoms with van der Waals surface area (Å²) in [5.41, 5.74) is 2.65. The molecule has 2 aromatic carbocycles. The normalized spacial score (nSPS) is 10.4. The Morgan fingerprint density at radius 2 is 1.68 bits per heavy atom. The number of aromatic nitrogens is 1. The third kappa shape index (κ3) is 3.61. The minimum Gasteiger partial charge on any atom is -0.356 e. The van der Waals surface area contributed by atoms with Gasteiger partial charge in [0.05, 0.1) is 12.1 Å². The molecule has 1 heterocycles. The summed E-state index contributed by atoms with van der Waals surface area (Å²) in [6.45, 7) is 0.517. The highest BCUT2D eigenvalue weighted by Gasteiger charge is 2.10. The lowest BCUT2D eigenvalue weighted by Crippen LogP contribution is -2.24. The van der Waals surface area contributed by atoms with E-state index >= 15 is 0 Å². The molecule has 3 rings (SSSR count). The monoisotopic (exact) mass is 292 g/mol. The van der Waals surface area contributed by atoms with Crippen molar-refractivity contribution in [3.8, 4) is 11.3 Å². The van der Waals surface area contributed by atoms with Crippen molar-refractivity contribution in [1.29, 1.82) is 0 Å². The lowest BCUT2D eigenvalue weighted by molar-refractivity contribution is -0.120. The van der Waals surface area contributed by atoms with Crippen LogP contribution in [0.15, 0.2) is 71.3 Å². The number of amides is 1. The predicted molar refractivity (Wildman–Crippen MR) is 83.9 cm³/mol. The lowest BCUT2D eigenvalue weighted by atomic mass is 10.1. The molecule has 0 atom stereocenters. The van der Waals surface area contributed by atoms with Gasteiger partial charge in [0.25, 0.3) is 0 Å². The van der Waals surface area contributed by atoms with Gasteiger partial charge in [0.1, 0.15) is 0 Å². The molecule has 22 heavy (non-hydrogen) atoms. The van der Waals surface area contributed by atoms with Gasteiger partial charge in [0.2, 0.25) is 5.91 Å². The molecular weight excluding hydrogens is 276 g/mol. The fourth-order valence-corrected chi connectivity index (χ4v) is 2.16. The summed E-state index contributed by atoms with van der Waals surface area (Å²) in [7, 11) is 0. The van der Waals surface area contributed by atoms with E-state index in [9.17, 15) is 4.79 Å². The molecule has 1 N–H and O–H groups in total. The van der Waals surface area contributed by atoms with E-state index in [-0.39, 0.29) is 12.3 Å². The van der Waals surface area contributed by atoms with Crippen LogP contribution in [0, 0.1) is 0 Å². The molecule has 4 nitrogen and oxygen atoms in total. The van der Waals surface area contributed by atoms with E-state index in [0.29, 0.717) is 18.0 Å². The minimum atomic E-state index is -0.0724. The van der Waals surface area contributed by atoms with E-state index in [0.717, 1.165) is 11.1 Å². The van der Waals surface area contributed by atoms with Crippen LogP contribution < -0.4 is 5.32 Å². The summed E-state index contributed by atoms with van der Waals surface area (Å²) in [6.07, 6.45) is 0.211. The van der Waals surface area contributed by atoms with Gasteiger partial charge in [-0.1, -0.05) is 65.8 Å². The smallest absolute Gasteiger partial charge is 0.226 e. The number of hydrogen-bond donors (Lipinski definition) is 1. The molecule has 3 aromatic rings. The number of nitrogens with zero attached hydrogens (tertiary/aromatic N) is 1. The number of carbonyl (C=O) groups excluding carboxylic acids is 1. The van der Waals surface area contributed by atoms with Crippen molar-refractivity contribution in [2.75, 3.05) is 0 Å². The van der Waals surface area contributed by atoms with Crippen LogP contribution in [0.4, 0.5) is 0 Å². The first-order valence-corrected chi connectivity index (χ1v) is 7.13. The first-order valence-electron chi connectivity index (χ1n) is 7.13. The number of rotatable bonds is 5. The maximum Gasteiger partial charge on any atom is 0.226 e. The summed E-state index contributed by atoms with van der Waals surface area (Å²) < 4.78 is 5.28. The van der Waals surface area contributed by atoms with E-state index < -0.39 is 0 Å². The number of carbonyl (C=O) groups is 1.